The third-order valence-corrected chi connectivity index (χ3v) is 4.00. The summed E-state index contributed by atoms with van der Waals surface area (Å²) in [4.78, 5) is 13.1. The number of carbonyl (C=O) groups excluding carboxylic acids is 1. The quantitative estimate of drug-likeness (QED) is 0.830. The third kappa shape index (κ3) is 3.61. The molecule has 0 aliphatic carbocycles. The van der Waals surface area contributed by atoms with Gasteiger partial charge in [-0.2, -0.15) is 0 Å². The second-order valence-corrected chi connectivity index (χ2v) is 5.75. The van der Waals surface area contributed by atoms with Gasteiger partial charge in [-0.1, -0.05) is 22.0 Å². The number of carbonyl (C=O) groups is 1. The molecule has 0 heterocycles. The molecule has 2 nitrogen and oxygen atoms in total. The second-order valence-electron chi connectivity index (χ2n) is 3.99. The Kier molecular flexibility index (Phi) is 4.66. The van der Waals surface area contributed by atoms with Gasteiger partial charge < -0.3 is 5.32 Å². The normalized spacial score (nSPS) is 10.3. The van der Waals surface area contributed by atoms with E-state index in [4.69, 9.17) is 0 Å². The number of hydrogen-bond acceptors (Lipinski definition) is 2. The van der Waals surface area contributed by atoms with Crippen LogP contribution in [0.15, 0.2) is 51.8 Å². The summed E-state index contributed by atoms with van der Waals surface area (Å²) in [5.74, 6) is -0.114. The number of anilines is 1. The Morgan fingerprint density at radius 3 is 2.53 bits per heavy atom. The van der Waals surface area contributed by atoms with E-state index in [1.54, 1.807) is 23.9 Å². The van der Waals surface area contributed by atoms with Gasteiger partial charge in [-0.3, -0.25) is 4.79 Å². The SMILES string of the molecule is [CH2]c1ccc(NC(=O)c2ccc(Br)cc2)cc1SC. The molecule has 0 atom stereocenters. The minimum Gasteiger partial charge on any atom is -0.322 e. The smallest absolute Gasteiger partial charge is 0.255 e. The number of rotatable bonds is 3. The zero-order valence-electron chi connectivity index (χ0n) is 10.4. The van der Waals surface area contributed by atoms with Crippen LogP contribution < -0.4 is 5.32 Å². The largest absolute Gasteiger partial charge is 0.322 e. The lowest BCUT2D eigenvalue weighted by Gasteiger charge is -2.08. The topological polar surface area (TPSA) is 29.1 Å². The van der Waals surface area contributed by atoms with Gasteiger partial charge >= 0.3 is 0 Å². The molecule has 0 aromatic heterocycles. The molecule has 0 aliphatic rings. The van der Waals surface area contributed by atoms with E-state index in [-0.39, 0.29) is 5.91 Å². The van der Waals surface area contributed by atoms with Gasteiger partial charge in [0.2, 0.25) is 0 Å². The highest BCUT2D eigenvalue weighted by Gasteiger charge is 2.07. The molecule has 0 aliphatic heterocycles. The standard InChI is InChI=1S/C15H13BrNOS/c1-10-3-8-13(9-14(10)19-2)17-15(18)11-4-6-12(16)7-5-11/h3-9H,1H2,2H3,(H,17,18). The highest BCUT2D eigenvalue weighted by Crippen LogP contribution is 2.24. The maximum Gasteiger partial charge on any atom is 0.255 e. The molecule has 0 fully saturated rings. The van der Waals surface area contributed by atoms with Crippen molar-refractivity contribution in [3.63, 3.8) is 0 Å². The first kappa shape index (κ1) is 14.2. The fourth-order valence-corrected chi connectivity index (χ4v) is 2.47. The summed E-state index contributed by atoms with van der Waals surface area (Å²) in [7, 11) is 0. The van der Waals surface area contributed by atoms with Crippen molar-refractivity contribution < 1.29 is 4.79 Å². The molecule has 2 aromatic rings. The first-order chi connectivity index (χ1) is 9.10. The molecule has 4 heteroatoms. The Morgan fingerprint density at radius 1 is 1.21 bits per heavy atom. The van der Waals surface area contributed by atoms with E-state index in [9.17, 15) is 4.79 Å². The number of halogens is 1. The van der Waals surface area contributed by atoms with E-state index < -0.39 is 0 Å². The van der Waals surface area contributed by atoms with Crippen molar-refractivity contribution in [1.29, 1.82) is 0 Å². The molecule has 0 spiro atoms. The average Bonchev–Trinajstić information content (AvgIpc) is 2.41. The summed E-state index contributed by atoms with van der Waals surface area (Å²) in [6.07, 6.45) is 1.99. The van der Waals surface area contributed by atoms with Crippen molar-refractivity contribution in [2.24, 2.45) is 0 Å². The van der Waals surface area contributed by atoms with Crippen molar-refractivity contribution in [3.05, 3.63) is 65.0 Å². The number of hydrogen-bond donors (Lipinski definition) is 1. The minimum absolute atomic E-state index is 0.114. The molecule has 2 aromatic carbocycles. The summed E-state index contributed by atoms with van der Waals surface area (Å²) in [5, 5.41) is 2.88. The summed E-state index contributed by atoms with van der Waals surface area (Å²) < 4.78 is 0.954. The molecule has 1 amide bonds. The van der Waals surface area contributed by atoms with E-state index in [0.717, 1.165) is 20.6 Å². The first-order valence-corrected chi connectivity index (χ1v) is 7.69. The number of amides is 1. The fraction of sp³-hybridized carbons (Fsp3) is 0.0667. The molecule has 1 N–H and O–H groups in total. The predicted molar refractivity (Wildman–Crippen MR) is 84.8 cm³/mol. The summed E-state index contributed by atoms with van der Waals surface area (Å²) >= 11 is 4.96. The molecular weight excluding hydrogens is 322 g/mol. The maximum absolute atomic E-state index is 12.1. The lowest BCUT2D eigenvalue weighted by molar-refractivity contribution is 0.102. The molecule has 0 bridgehead atoms. The van der Waals surface area contributed by atoms with Crippen LogP contribution in [0.2, 0.25) is 0 Å². The lowest BCUT2D eigenvalue weighted by Crippen LogP contribution is -2.11. The van der Waals surface area contributed by atoms with Crippen LogP contribution in [0, 0.1) is 6.92 Å². The van der Waals surface area contributed by atoms with Crippen LogP contribution in [0.25, 0.3) is 0 Å². The van der Waals surface area contributed by atoms with E-state index >= 15 is 0 Å². The maximum atomic E-state index is 12.1. The number of benzene rings is 2. The zero-order chi connectivity index (χ0) is 13.8. The van der Waals surface area contributed by atoms with Crippen molar-refractivity contribution in [2.45, 2.75) is 4.90 Å². The summed E-state index contributed by atoms with van der Waals surface area (Å²) in [6, 6.07) is 13.0. The van der Waals surface area contributed by atoms with E-state index in [0.29, 0.717) is 5.56 Å². The lowest BCUT2D eigenvalue weighted by atomic mass is 10.2. The van der Waals surface area contributed by atoms with Gasteiger partial charge in [0.15, 0.2) is 0 Å². The van der Waals surface area contributed by atoms with Gasteiger partial charge in [-0.15, -0.1) is 11.8 Å². The molecule has 0 saturated heterocycles. The van der Waals surface area contributed by atoms with Crippen LogP contribution in [-0.4, -0.2) is 12.2 Å². The minimum atomic E-state index is -0.114. The second kappa shape index (κ2) is 6.26. The number of nitrogens with one attached hydrogen (secondary N) is 1. The Labute approximate surface area is 125 Å². The summed E-state index contributed by atoms with van der Waals surface area (Å²) in [6.45, 7) is 3.94. The van der Waals surface area contributed by atoms with Crippen LogP contribution in [0.5, 0.6) is 0 Å². The van der Waals surface area contributed by atoms with Gasteiger partial charge in [0.25, 0.3) is 5.91 Å². The van der Waals surface area contributed by atoms with Crippen LogP contribution >= 0.6 is 27.7 Å². The Morgan fingerprint density at radius 2 is 1.89 bits per heavy atom. The van der Waals surface area contributed by atoms with E-state index in [1.165, 1.54) is 0 Å². The third-order valence-electron chi connectivity index (χ3n) is 2.65. The predicted octanol–water partition coefficient (Wildman–Crippen LogP) is 4.61. The van der Waals surface area contributed by atoms with E-state index in [2.05, 4.69) is 28.2 Å². The zero-order valence-corrected chi connectivity index (χ0v) is 12.8. The fourth-order valence-electron chi connectivity index (χ4n) is 1.63. The van der Waals surface area contributed by atoms with Crippen LogP contribution in [-0.2, 0) is 0 Å². The molecule has 1 radical (unpaired) electrons. The van der Waals surface area contributed by atoms with Crippen molar-refractivity contribution in [2.75, 3.05) is 11.6 Å². The monoisotopic (exact) mass is 334 g/mol. The van der Waals surface area contributed by atoms with Gasteiger partial charge in [0.1, 0.15) is 0 Å². The first-order valence-electron chi connectivity index (χ1n) is 5.67. The molecule has 2 rings (SSSR count). The van der Waals surface area contributed by atoms with Gasteiger partial charge in [0, 0.05) is 20.6 Å². The van der Waals surface area contributed by atoms with Crippen molar-refractivity contribution in [3.8, 4) is 0 Å². The van der Waals surface area contributed by atoms with Crippen LogP contribution in [0.4, 0.5) is 5.69 Å². The van der Waals surface area contributed by atoms with E-state index in [1.807, 2.05) is 36.6 Å². The van der Waals surface area contributed by atoms with Crippen molar-refractivity contribution >= 4 is 39.3 Å². The van der Waals surface area contributed by atoms with Gasteiger partial charge in [0.05, 0.1) is 0 Å². The average molecular weight is 335 g/mol. The highest BCUT2D eigenvalue weighted by atomic mass is 79.9. The molecular formula is C15H13BrNOS. The molecule has 0 saturated carbocycles. The highest BCUT2D eigenvalue weighted by molar-refractivity contribution is 9.10. The van der Waals surface area contributed by atoms with Crippen molar-refractivity contribution in [1.82, 2.24) is 0 Å². The van der Waals surface area contributed by atoms with Crippen LogP contribution in [0.3, 0.4) is 0 Å². The van der Waals surface area contributed by atoms with Crippen LogP contribution in [0.1, 0.15) is 15.9 Å². The Bertz CT molecular complexity index is 596. The molecule has 0 unspecified atom stereocenters. The van der Waals surface area contributed by atoms with Gasteiger partial charge in [-0.25, -0.2) is 0 Å². The molecule has 19 heavy (non-hydrogen) atoms. The molecule has 97 valence electrons. The van der Waals surface area contributed by atoms with Gasteiger partial charge in [-0.05, 0) is 55.1 Å². The Balaban J connectivity index is 2.17. The number of thioether (sulfide) groups is 1. The Hall–Kier alpha value is -1.26. The summed E-state index contributed by atoms with van der Waals surface area (Å²) in [5.41, 5.74) is 2.38.